The molecule has 0 atom stereocenters. The summed E-state index contributed by atoms with van der Waals surface area (Å²) in [6.07, 6.45) is 5.09. The van der Waals surface area contributed by atoms with Crippen LogP contribution in [0.3, 0.4) is 0 Å². The van der Waals surface area contributed by atoms with Gasteiger partial charge in [0.1, 0.15) is 0 Å². The van der Waals surface area contributed by atoms with E-state index in [1.165, 1.54) is 10.4 Å². The molecule has 0 saturated heterocycles. The molecule has 20 heavy (non-hydrogen) atoms. The van der Waals surface area contributed by atoms with Crippen LogP contribution in [0, 0.1) is 0 Å². The Bertz CT molecular complexity index is 629. The van der Waals surface area contributed by atoms with Crippen molar-refractivity contribution in [2.75, 3.05) is 6.54 Å². The van der Waals surface area contributed by atoms with Crippen molar-refractivity contribution in [3.05, 3.63) is 70.7 Å². The highest BCUT2D eigenvalue weighted by Gasteiger charge is 2.00. The molecule has 0 fully saturated rings. The average molecular weight is 283 g/mol. The summed E-state index contributed by atoms with van der Waals surface area (Å²) >= 11 is 1.81. The van der Waals surface area contributed by atoms with Crippen LogP contribution in [-0.2, 0) is 13.0 Å². The van der Waals surface area contributed by atoms with Crippen molar-refractivity contribution >= 4 is 11.3 Å². The molecular formula is C16H17N3S. The van der Waals surface area contributed by atoms with Gasteiger partial charge in [0.2, 0.25) is 0 Å². The van der Waals surface area contributed by atoms with Gasteiger partial charge in [0.15, 0.2) is 0 Å². The Labute approximate surface area is 122 Å². The molecule has 4 heteroatoms. The summed E-state index contributed by atoms with van der Waals surface area (Å²) < 4.78 is 1.91. The van der Waals surface area contributed by atoms with E-state index in [1.54, 1.807) is 0 Å². The molecule has 0 radical (unpaired) electrons. The summed E-state index contributed by atoms with van der Waals surface area (Å²) in [6, 6.07) is 14.5. The maximum Gasteiger partial charge on any atom is 0.0645 e. The molecule has 0 amide bonds. The quantitative estimate of drug-likeness (QED) is 0.704. The van der Waals surface area contributed by atoms with Crippen LogP contribution in [0.25, 0.3) is 5.69 Å². The van der Waals surface area contributed by atoms with Crippen LogP contribution in [0.1, 0.15) is 10.4 Å². The van der Waals surface area contributed by atoms with Gasteiger partial charge in [0.25, 0.3) is 0 Å². The third-order valence-corrected chi connectivity index (χ3v) is 4.05. The normalized spacial score (nSPS) is 10.8. The number of aromatic nitrogens is 2. The monoisotopic (exact) mass is 283 g/mol. The molecule has 1 aromatic carbocycles. The lowest BCUT2D eigenvalue weighted by Crippen LogP contribution is -2.15. The van der Waals surface area contributed by atoms with E-state index in [2.05, 4.69) is 46.3 Å². The molecule has 0 spiro atoms. The Morgan fingerprint density at radius 1 is 1.10 bits per heavy atom. The zero-order valence-electron chi connectivity index (χ0n) is 11.2. The van der Waals surface area contributed by atoms with Gasteiger partial charge in [-0.2, -0.15) is 5.10 Å². The third-order valence-electron chi connectivity index (χ3n) is 3.11. The zero-order chi connectivity index (χ0) is 13.6. The van der Waals surface area contributed by atoms with E-state index in [0.29, 0.717) is 0 Å². The minimum atomic E-state index is 0.859. The number of nitrogens with zero attached hydrogens (tertiary/aromatic N) is 2. The summed E-state index contributed by atoms with van der Waals surface area (Å²) in [5.74, 6) is 0. The van der Waals surface area contributed by atoms with E-state index >= 15 is 0 Å². The second-order valence-electron chi connectivity index (χ2n) is 4.63. The highest BCUT2D eigenvalue weighted by molar-refractivity contribution is 7.09. The van der Waals surface area contributed by atoms with Gasteiger partial charge in [0, 0.05) is 29.7 Å². The van der Waals surface area contributed by atoms with Crippen LogP contribution < -0.4 is 5.32 Å². The van der Waals surface area contributed by atoms with Gasteiger partial charge in [-0.15, -0.1) is 11.3 Å². The van der Waals surface area contributed by atoms with Gasteiger partial charge < -0.3 is 5.32 Å². The van der Waals surface area contributed by atoms with Crippen molar-refractivity contribution in [2.45, 2.75) is 13.0 Å². The SMILES string of the molecule is c1ccc(-n2cc(CNCCc3cccs3)cn2)cc1. The number of rotatable bonds is 6. The van der Waals surface area contributed by atoms with Gasteiger partial charge in [-0.1, -0.05) is 24.3 Å². The lowest BCUT2D eigenvalue weighted by Gasteiger charge is -2.01. The fourth-order valence-corrected chi connectivity index (χ4v) is 2.78. The van der Waals surface area contributed by atoms with Crippen molar-refractivity contribution in [1.29, 1.82) is 0 Å². The lowest BCUT2D eigenvalue weighted by molar-refractivity contribution is 0.690. The molecular weight excluding hydrogens is 266 g/mol. The molecule has 0 bridgehead atoms. The fourth-order valence-electron chi connectivity index (χ4n) is 2.07. The number of benzene rings is 1. The van der Waals surface area contributed by atoms with E-state index in [-0.39, 0.29) is 0 Å². The second-order valence-corrected chi connectivity index (χ2v) is 5.67. The second kappa shape index (κ2) is 6.50. The smallest absolute Gasteiger partial charge is 0.0645 e. The van der Waals surface area contributed by atoms with E-state index in [4.69, 9.17) is 0 Å². The highest BCUT2D eigenvalue weighted by Crippen LogP contribution is 2.09. The van der Waals surface area contributed by atoms with Gasteiger partial charge in [-0.05, 0) is 30.0 Å². The summed E-state index contributed by atoms with van der Waals surface area (Å²) in [7, 11) is 0. The Morgan fingerprint density at radius 3 is 2.80 bits per heavy atom. The van der Waals surface area contributed by atoms with Crippen LogP contribution in [0.5, 0.6) is 0 Å². The van der Waals surface area contributed by atoms with Crippen LogP contribution in [-0.4, -0.2) is 16.3 Å². The summed E-state index contributed by atoms with van der Waals surface area (Å²) in [5.41, 5.74) is 2.30. The predicted molar refractivity (Wildman–Crippen MR) is 83.3 cm³/mol. The fraction of sp³-hybridized carbons (Fsp3) is 0.188. The van der Waals surface area contributed by atoms with Gasteiger partial charge in [-0.25, -0.2) is 4.68 Å². The first-order chi connectivity index (χ1) is 9.92. The first-order valence-corrected chi connectivity index (χ1v) is 7.62. The van der Waals surface area contributed by atoms with Crippen molar-refractivity contribution in [3.63, 3.8) is 0 Å². The molecule has 0 saturated carbocycles. The molecule has 0 unspecified atom stereocenters. The van der Waals surface area contributed by atoms with Gasteiger partial charge in [-0.3, -0.25) is 0 Å². The van der Waals surface area contributed by atoms with E-state index in [1.807, 2.05) is 40.4 Å². The molecule has 0 aliphatic carbocycles. The third kappa shape index (κ3) is 3.35. The van der Waals surface area contributed by atoms with Crippen LogP contribution >= 0.6 is 11.3 Å². The number of nitrogens with one attached hydrogen (secondary N) is 1. The minimum absolute atomic E-state index is 0.859. The van der Waals surface area contributed by atoms with Crippen LogP contribution in [0.15, 0.2) is 60.2 Å². The Balaban J connectivity index is 1.50. The predicted octanol–water partition coefficient (Wildman–Crippen LogP) is 3.27. The molecule has 3 rings (SSSR count). The van der Waals surface area contributed by atoms with Crippen molar-refractivity contribution < 1.29 is 0 Å². The first kappa shape index (κ1) is 13.1. The summed E-state index contributed by atoms with van der Waals surface area (Å²) in [4.78, 5) is 1.43. The van der Waals surface area contributed by atoms with E-state index in [0.717, 1.165) is 25.2 Å². The van der Waals surface area contributed by atoms with Gasteiger partial charge in [0.05, 0.1) is 11.9 Å². The molecule has 0 aliphatic rings. The minimum Gasteiger partial charge on any atom is -0.312 e. The van der Waals surface area contributed by atoms with Crippen molar-refractivity contribution in [1.82, 2.24) is 15.1 Å². The number of hydrogen-bond donors (Lipinski definition) is 1. The molecule has 0 aliphatic heterocycles. The largest absolute Gasteiger partial charge is 0.312 e. The standard InChI is InChI=1S/C16H17N3S/c1-2-5-15(6-3-1)19-13-14(12-18-19)11-17-9-8-16-7-4-10-20-16/h1-7,10,12-13,17H,8-9,11H2. The Morgan fingerprint density at radius 2 is 2.00 bits per heavy atom. The Kier molecular flexibility index (Phi) is 4.25. The molecule has 102 valence electrons. The van der Waals surface area contributed by atoms with E-state index in [9.17, 15) is 0 Å². The first-order valence-electron chi connectivity index (χ1n) is 6.74. The zero-order valence-corrected chi connectivity index (χ0v) is 12.0. The van der Waals surface area contributed by atoms with Gasteiger partial charge >= 0.3 is 0 Å². The number of thiophene rings is 1. The molecule has 3 nitrogen and oxygen atoms in total. The van der Waals surface area contributed by atoms with Crippen LogP contribution in [0.4, 0.5) is 0 Å². The van der Waals surface area contributed by atoms with E-state index < -0.39 is 0 Å². The van der Waals surface area contributed by atoms with Crippen molar-refractivity contribution in [2.24, 2.45) is 0 Å². The molecule has 1 N–H and O–H groups in total. The lowest BCUT2D eigenvalue weighted by atomic mass is 10.3. The summed E-state index contributed by atoms with van der Waals surface area (Å²) in [6.45, 7) is 1.86. The number of hydrogen-bond acceptors (Lipinski definition) is 3. The maximum atomic E-state index is 4.39. The van der Waals surface area contributed by atoms with Crippen molar-refractivity contribution in [3.8, 4) is 5.69 Å². The maximum absolute atomic E-state index is 4.39. The topological polar surface area (TPSA) is 29.9 Å². The van der Waals surface area contributed by atoms with Crippen LogP contribution in [0.2, 0.25) is 0 Å². The summed E-state index contributed by atoms with van der Waals surface area (Å²) in [5, 5.41) is 9.98. The Hall–Kier alpha value is -1.91. The average Bonchev–Trinajstić information content (AvgIpc) is 3.16. The highest BCUT2D eigenvalue weighted by atomic mass is 32.1. The molecule has 2 heterocycles. The number of para-hydroxylation sites is 1. The molecule has 3 aromatic rings. The molecule has 2 aromatic heterocycles.